The highest BCUT2D eigenvalue weighted by molar-refractivity contribution is 5.88. The second-order valence-corrected chi connectivity index (χ2v) is 4.31. The van der Waals surface area contributed by atoms with Gasteiger partial charge in [0.2, 0.25) is 0 Å². The number of halogens is 3. The second kappa shape index (κ2) is 7.86. The molecule has 0 aliphatic heterocycles. The maximum atomic E-state index is 10.8. The smallest absolute Gasteiger partial charge is 0.478 e. The number of carboxylic acid groups (broad SMARTS) is 2. The number of nitrogen functional groups attached to an aromatic ring is 1. The van der Waals surface area contributed by atoms with Gasteiger partial charge in [0.15, 0.2) is 0 Å². The predicted octanol–water partition coefficient (Wildman–Crippen LogP) is 3.39. The van der Waals surface area contributed by atoms with Crippen molar-refractivity contribution in [1.29, 1.82) is 0 Å². The minimum atomic E-state index is -5.08. The topological polar surface area (TPSA) is 110 Å². The summed E-state index contributed by atoms with van der Waals surface area (Å²) in [5.74, 6) is -2.70. The van der Waals surface area contributed by atoms with Gasteiger partial charge in [-0.05, 0) is 30.3 Å². The Morgan fingerprint density at radius 1 is 0.958 bits per heavy atom. The molecule has 2 aromatic carbocycles. The number of alkyl halides is 3. The Kier molecular flexibility index (Phi) is 6.16. The molecule has 0 atom stereocenters. The van der Waals surface area contributed by atoms with Crippen LogP contribution in [0.3, 0.4) is 0 Å². The molecule has 0 spiro atoms. The summed E-state index contributed by atoms with van der Waals surface area (Å²) in [5.41, 5.74) is 6.40. The van der Waals surface area contributed by atoms with E-state index in [9.17, 15) is 18.0 Å². The molecule has 0 saturated heterocycles. The van der Waals surface area contributed by atoms with E-state index < -0.39 is 18.1 Å². The van der Waals surface area contributed by atoms with Crippen molar-refractivity contribution in [3.05, 3.63) is 54.1 Å². The van der Waals surface area contributed by atoms with Crippen LogP contribution in [0.25, 0.3) is 0 Å². The van der Waals surface area contributed by atoms with Gasteiger partial charge in [-0.15, -0.1) is 0 Å². The molecule has 0 bridgehead atoms. The summed E-state index contributed by atoms with van der Waals surface area (Å²) in [4.78, 5) is 19.7. The molecule has 2 rings (SSSR count). The average Bonchev–Trinajstić information content (AvgIpc) is 2.47. The van der Waals surface area contributed by atoms with Crippen LogP contribution >= 0.6 is 0 Å². The van der Waals surface area contributed by atoms with Crippen molar-refractivity contribution in [1.82, 2.24) is 0 Å². The van der Waals surface area contributed by atoms with Crippen molar-refractivity contribution in [3.63, 3.8) is 0 Å². The summed E-state index contributed by atoms with van der Waals surface area (Å²) in [7, 11) is 0. The van der Waals surface area contributed by atoms with Gasteiger partial charge in [0.25, 0.3) is 0 Å². The summed E-state index contributed by atoms with van der Waals surface area (Å²) < 4.78 is 37.2. The predicted molar refractivity (Wildman–Crippen MR) is 78.0 cm³/mol. The van der Waals surface area contributed by atoms with Crippen LogP contribution in [-0.2, 0) is 4.79 Å². The van der Waals surface area contributed by atoms with Gasteiger partial charge in [-0.2, -0.15) is 13.2 Å². The molecule has 0 aliphatic rings. The normalized spacial score (nSPS) is 10.3. The molecule has 9 heteroatoms. The van der Waals surface area contributed by atoms with E-state index in [0.29, 0.717) is 17.2 Å². The average molecular weight is 343 g/mol. The zero-order chi connectivity index (χ0) is 18.3. The molecule has 0 saturated carbocycles. The largest absolute Gasteiger partial charge is 0.490 e. The first-order chi connectivity index (χ1) is 11.1. The minimum absolute atomic E-state index is 0.186. The van der Waals surface area contributed by atoms with E-state index in [1.165, 1.54) is 12.1 Å². The number of nitrogens with two attached hydrogens (primary N) is 1. The molecule has 0 aliphatic carbocycles. The number of carbonyl (C=O) groups is 2. The van der Waals surface area contributed by atoms with E-state index in [2.05, 4.69) is 0 Å². The third-order valence-corrected chi connectivity index (χ3v) is 2.42. The Balaban J connectivity index is 0.000000351. The lowest BCUT2D eigenvalue weighted by Crippen LogP contribution is -2.21. The third kappa shape index (κ3) is 6.26. The van der Waals surface area contributed by atoms with Gasteiger partial charge in [-0.1, -0.05) is 12.1 Å². The van der Waals surface area contributed by atoms with Crippen molar-refractivity contribution in [3.8, 4) is 11.5 Å². The van der Waals surface area contributed by atoms with Crippen molar-refractivity contribution in [2.45, 2.75) is 6.18 Å². The Morgan fingerprint density at radius 2 is 1.46 bits per heavy atom. The van der Waals surface area contributed by atoms with E-state index in [0.717, 1.165) is 0 Å². The van der Waals surface area contributed by atoms with Crippen LogP contribution in [0.2, 0.25) is 0 Å². The van der Waals surface area contributed by atoms with Crippen LogP contribution in [0.4, 0.5) is 18.9 Å². The molecular formula is C15H12F3NO5. The van der Waals surface area contributed by atoms with Gasteiger partial charge in [0.05, 0.1) is 5.56 Å². The van der Waals surface area contributed by atoms with Crippen LogP contribution < -0.4 is 10.5 Å². The summed E-state index contributed by atoms with van der Waals surface area (Å²) in [6, 6.07) is 13.2. The van der Waals surface area contributed by atoms with Gasteiger partial charge in [0, 0.05) is 11.8 Å². The number of rotatable bonds is 3. The quantitative estimate of drug-likeness (QED) is 0.737. The lowest BCUT2D eigenvalue weighted by Gasteiger charge is -2.06. The van der Waals surface area contributed by atoms with Crippen LogP contribution in [0, 0.1) is 0 Å². The number of benzene rings is 2. The van der Waals surface area contributed by atoms with E-state index >= 15 is 0 Å². The highest BCUT2D eigenvalue weighted by Crippen LogP contribution is 2.23. The van der Waals surface area contributed by atoms with Crippen LogP contribution in [0.15, 0.2) is 48.5 Å². The maximum absolute atomic E-state index is 10.8. The molecule has 0 heterocycles. The first kappa shape index (κ1) is 18.8. The number of carboxylic acids is 2. The van der Waals surface area contributed by atoms with E-state index in [-0.39, 0.29) is 5.56 Å². The first-order valence-corrected chi connectivity index (χ1v) is 6.26. The lowest BCUT2D eigenvalue weighted by molar-refractivity contribution is -0.192. The molecule has 2 aromatic rings. The second-order valence-electron chi connectivity index (χ2n) is 4.31. The van der Waals surface area contributed by atoms with Gasteiger partial charge in [0.1, 0.15) is 11.5 Å². The van der Waals surface area contributed by atoms with E-state index in [1.807, 2.05) is 0 Å². The fourth-order valence-electron chi connectivity index (χ4n) is 1.41. The number of anilines is 1. The molecule has 6 nitrogen and oxygen atoms in total. The number of hydrogen-bond acceptors (Lipinski definition) is 4. The fraction of sp³-hybridized carbons (Fsp3) is 0.0667. The van der Waals surface area contributed by atoms with Gasteiger partial charge in [-0.3, -0.25) is 0 Å². The number of aliphatic carboxylic acids is 1. The SMILES string of the molecule is Nc1cccc(Oc2cccc(C(=O)O)c2)c1.O=C(O)C(F)(F)F. The van der Waals surface area contributed by atoms with Crippen LogP contribution in [0.1, 0.15) is 10.4 Å². The number of ether oxygens (including phenoxy) is 1. The molecule has 0 amide bonds. The molecule has 24 heavy (non-hydrogen) atoms. The zero-order valence-corrected chi connectivity index (χ0v) is 11.9. The van der Waals surface area contributed by atoms with Crippen molar-refractivity contribution < 1.29 is 37.7 Å². The summed E-state index contributed by atoms with van der Waals surface area (Å²) in [6.07, 6.45) is -5.08. The summed E-state index contributed by atoms with van der Waals surface area (Å²) in [6.45, 7) is 0. The summed E-state index contributed by atoms with van der Waals surface area (Å²) >= 11 is 0. The Hall–Kier alpha value is -3.23. The van der Waals surface area contributed by atoms with E-state index in [1.54, 1.807) is 36.4 Å². The Labute approximate surface area is 133 Å². The number of aromatic carboxylic acids is 1. The molecular weight excluding hydrogens is 331 g/mol. The van der Waals surface area contributed by atoms with Crippen molar-refractivity contribution >= 4 is 17.6 Å². The molecule has 128 valence electrons. The highest BCUT2D eigenvalue weighted by Gasteiger charge is 2.38. The monoisotopic (exact) mass is 343 g/mol. The van der Waals surface area contributed by atoms with E-state index in [4.69, 9.17) is 25.5 Å². The lowest BCUT2D eigenvalue weighted by atomic mass is 10.2. The summed E-state index contributed by atoms with van der Waals surface area (Å²) in [5, 5.41) is 16.0. The molecule has 0 fully saturated rings. The highest BCUT2D eigenvalue weighted by atomic mass is 19.4. The first-order valence-electron chi connectivity index (χ1n) is 6.26. The van der Waals surface area contributed by atoms with Gasteiger partial charge in [-0.25, -0.2) is 9.59 Å². The Bertz CT molecular complexity index is 731. The molecule has 0 radical (unpaired) electrons. The minimum Gasteiger partial charge on any atom is -0.478 e. The fourth-order valence-corrected chi connectivity index (χ4v) is 1.41. The molecule has 0 unspecified atom stereocenters. The van der Waals surface area contributed by atoms with Gasteiger partial charge < -0.3 is 20.7 Å². The zero-order valence-electron chi connectivity index (χ0n) is 11.9. The standard InChI is InChI=1S/C13H11NO3.C2HF3O2/c14-10-4-2-6-12(8-10)17-11-5-1-3-9(7-11)13(15)16;3-2(4,5)1(6)7/h1-8H,14H2,(H,15,16);(H,6,7). The molecule has 0 aromatic heterocycles. The van der Waals surface area contributed by atoms with Gasteiger partial charge >= 0.3 is 18.1 Å². The third-order valence-electron chi connectivity index (χ3n) is 2.42. The molecule has 4 N–H and O–H groups in total. The maximum Gasteiger partial charge on any atom is 0.490 e. The van der Waals surface area contributed by atoms with Crippen molar-refractivity contribution in [2.24, 2.45) is 0 Å². The number of hydrogen-bond donors (Lipinski definition) is 3. The van der Waals surface area contributed by atoms with Crippen molar-refractivity contribution in [2.75, 3.05) is 5.73 Å². The Morgan fingerprint density at radius 3 is 1.92 bits per heavy atom. The van der Waals surface area contributed by atoms with Crippen LogP contribution in [-0.4, -0.2) is 28.3 Å². The van der Waals surface area contributed by atoms with Crippen LogP contribution in [0.5, 0.6) is 11.5 Å².